The molecule has 0 aliphatic carbocycles. The molecule has 6 nitrogen and oxygen atoms in total. The van der Waals surface area contributed by atoms with Gasteiger partial charge in [-0.1, -0.05) is 24.3 Å². The number of aliphatic hydroxyl groups is 1. The van der Waals surface area contributed by atoms with E-state index in [-0.39, 0.29) is 5.92 Å². The maximum absolute atomic E-state index is 11.2. The molecule has 0 amide bonds. The van der Waals surface area contributed by atoms with Crippen molar-refractivity contribution in [1.29, 1.82) is 5.26 Å². The first-order valence-corrected chi connectivity index (χ1v) is 12.3. The van der Waals surface area contributed by atoms with Crippen LogP contribution in [0.25, 0.3) is 0 Å². The van der Waals surface area contributed by atoms with Crippen molar-refractivity contribution in [3.8, 4) is 17.6 Å². The van der Waals surface area contributed by atoms with Gasteiger partial charge in [0.15, 0.2) is 0 Å². The number of nitrogens with zero attached hydrogens (tertiary/aromatic N) is 3. The number of ether oxygens (including phenoxy) is 2. The molecule has 1 unspecified atom stereocenters. The van der Waals surface area contributed by atoms with Crippen LogP contribution in [0.5, 0.6) is 11.5 Å². The Morgan fingerprint density at radius 2 is 2.03 bits per heavy atom. The first-order valence-electron chi connectivity index (χ1n) is 12.3. The minimum atomic E-state index is -0.811. The van der Waals surface area contributed by atoms with Gasteiger partial charge in [-0.05, 0) is 73.6 Å². The number of likely N-dealkylation sites (tertiary alicyclic amines) is 1. The molecule has 3 heterocycles. The molecule has 0 spiro atoms. The zero-order chi connectivity index (χ0) is 24.3. The van der Waals surface area contributed by atoms with Gasteiger partial charge in [0, 0.05) is 31.4 Å². The highest BCUT2D eigenvalue weighted by Gasteiger charge is 2.34. The second-order valence-corrected chi connectivity index (χ2v) is 9.47. The van der Waals surface area contributed by atoms with E-state index in [1.54, 1.807) is 19.2 Å². The number of aliphatic imine (C=N–C) groups is 1. The van der Waals surface area contributed by atoms with Crippen molar-refractivity contribution in [1.82, 2.24) is 4.90 Å². The van der Waals surface area contributed by atoms with E-state index in [2.05, 4.69) is 28.1 Å². The van der Waals surface area contributed by atoms with Gasteiger partial charge in [-0.2, -0.15) is 5.26 Å². The van der Waals surface area contributed by atoms with Crippen LogP contribution in [0.15, 0.2) is 71.4 Å². The highest BCUT2D eigenvalue weighted by atomic mass is 16.5. The number of nitriles is 1. The number of benzene rings is 2. The average Bonchev–Trinajstić information content (AvgIpc) is 3.10. The van der Waals surface area contributed by atoms with Crippen molar-refractivity contribution in [2.75, 3.05) is 26.7 Å². The van der Waals surface area contributed by atoms with Gasteiger partial charge in [-0.15, -0.1) is 0 Å². The summed E-state index contributed by atoms with van der Waals surface area (Å²) in [6, 6.07) is 15.4. The van der Waals surface area contributed by atoms with E-state index in [0.717, 1.165) is 67.4 Å². The van der Waals surface area contributed by atoms with Gasteiger partial charge in [0.05, 0.1) is 30.3 Å². The standard InChI is InChI=1S/C29H31N3O3/c1-34-26-5-2-6-27-25(26)12-11-24-22(13-16-31-28(24)35-27)4-3-17-32-18-14-29(33,15-19-32)23-9-7-21(20-30)8-10-23/h2,4-10,13,16,24,33H,3,11-12,14-15,17-19H2,1H3. The maximum Gasteiger partial charge on any atom is 0.202 e. The first-order chi connectivity index (χ1) is 17.1. The van der Waals surface area contributed by atoms with Gasteiger partial charge in [0.25, 0.3) is 0 Å². The summed E-state index contributed by atoms with van der Waals surface area (Å²) in [4.78, 5) is 6.96. The number of rotatable bonds is 5. The van der Waals surface area contributed by atoms with E-state index < -0.39 is 5.60 Å². The van der Waals surface area contributed by atoms with E-state index in [9.17, 15) is 5.11 Å². The minimum absolute atomic E-state index is 0.153. The number of hydrogen-bond donors (Lipinski definition) is 1. The molecule has 3 aliphatic rings. The van der Waals surface area contributed by atoms with Crippen LogP contribution in [-0.2, 0) is 12.0 Å². The van der Waals surface area contributed by atoms with Crippen molar-refractivity contribution in [2.24, 2.45) is 10.9 Å². The number of allylic oxidation sites excluding steroid dienone is 1. The first kappa shape index (κ1) is 23.3. The molecule has 1 fully saturated rings. The smallest absolute Gasteiger partial charge is 0.202 e. The van der Waals surface area contributed by atoms with Crippen LogP contribution in [0.1, 0.15) is 42.4 Å². The largest absolute Gasteiger partial charge is 0.496 e. The summed E-state index contributed by atoms with van der Waals surface area (Å²) in [5, 5.41) is 20.2. The molecule has 2 aromatic rings. The van der Waals surface area contributed by atoms with E-state index in [1.165, 1.54) is 5.57 Å². The molecule has 0 saturated carbocycles. The number of piperidine rings is 1. The second kappa shape index (κ2) is 10.1. The van der Waals surface area contributed by atoms with E-state index in [0.29, 0.717) is 18.4 Å². The Morgan fingerprint density at radius 1 is 1.23 bits per heavy atom. The third-order valence-electron chi connectivity index (χ3n) is 7.44. The number of hydrogen-bond acceptors (Lipinski definition) is 6. The quantitative estimate of drug-likeness (QED) is 0.685. The van der Waals surface area contributed by atoms with Crippen LogP contribution >= 0.6 is 0 Å². The summed E-state index contributed by atoms with van der Waals surface area (Å²) in [6.07, 6.45) is 10.4. The van der Waals surface area contributed by atoms with Crippen LogP contribution in [0.4, 0.5) is 0 Å². The van der Waals surface area contributed by atoms with E-state index in [4.69, 9.17) is 14.7 Å². The molecule has 1 atom stereocenters. The Balaban J connectivity index is 1.18. The van der Waals surface area contributed by atoms with Gasteiger partial charge in [0.1, 0.15) is 11.5 Å². The lowest BCUT2D eigenvalue weighted by Crippen LogP contribution is -2.42. The molecule has 3 aliphatic heterocycles. The van der Waals surface area contributed by atoms with Gasteiger partial charge >= 0.3 is 0 Å². The highest BCUT2D eigenvalue weighted by molar-refractivity contribution is 5.87. The second-order valence-electron chi connectivity index (χ2n) is 9.47. The van der Waals surface area contributed by atoms with Crippen molar-refractivity contribution < 1.29 is 14.6 Å². The summed E-state index contributed by atoms with van der Waals surface area (Å²) >= 11 is 0. The Hall–Kier alpha value is -3.40. The highest BCUT2D eigenvalue weighted by Crippen LogP contribution is 2.37. The predicted octanol–water partition coefficient (Wildman–Crippen LogP) is 4.73. The fourth-order valence-corrected chi connectivity index (χ4v) is 5.33. The summed E-state index contributed by atoms with van der Waals surface area (Å²) in [5.74, 6) is 2.62. The zero-order valence-electron chi connectivity index (χ0n) is 20.1. The Bertz CT molecular complexity index is 1200. The zero-order valence-corrected chi connectivity index (χ0v) is 20.1. The van der Waals surface area contributed by atoms with E-state index >= 15 is 0 Å². The molecule has 1 N–H and O–H groups in total. The normalized spacial score (nSPS) is 22.3. The molecule has 0 aromatic heterocycles. The molecular weight excluding hydrogens is 438 g/mol. The number of fused-ring (bicyclic) bond motifs is 2. The lowest BCUT2D eigenvalue weighted by atomic mass is 9.84. The van der Waals surface area contributed by atoms with Crippen molar-refractivity contribution in [3.05, 3.63) is 83.1 Å². The fraction of sp³-hybridized carbons (Fsp3) is 0.379. The molecule has 5 rings (SSSR count). The SMILES string of the molecule is COc1cccc2c1CCC1C(=CCCN3CCC(O)(c4ccc(C#N)cc4)CC3)C=CN=C1O2. The summed E-state index contributed by atoms with van der Waals surface area (Å²) in [7, 11) is 1.70. The van der Waals surface area contributed by atoms with Gasteiger partial charge in [-0.3, -0.25) is 0 Å². The Morgan fingerprint density at radius 3 is 2.77 bits per heavy atom. The molecule has 0 bridgehead atoms. The molecular formula is C29H31N3O3. The fourth-order valence-electron chi connectivity index (χ4n) is 5.33. The van der Waals surface area contributed by atoms with Gasteiger partial charge < -0.3 is 19.5 Å². The van der Waals surface area contributed by atoms with Crippen molar-refractivity contribution in [3.63, 3.8) is 0 Å². The molecule has 35 heavy (non-hydrogen) atoms. The molecule has 6 heteroatoms. The van der Waals surface area contributed by atoms with Gasteiger partial charge in [0.2, 0.25) is 5.90 Å². The molecule has 2 aromatic carbocycles. The third kappa shape index (κ3) is 4.88. The van der Waals surface area contributed by atoms with Gasteiger partial charge in [-0.25, -0.2) is 4.99 Å². The summed E-state index contributed by atoms with van der Waals surface area (Å²) < 4.78 is 11.8. The Kier molecular flexibility index (Phi) is 6.72. The molecule has 0 radical (unpaired) electrons. The van der Waals surface area contributed by atoms with Crippen LogP contribution in [-0.4, -0.2) is 42.6 Å². The monoisotopic (exact) mass is 469 g/mol. The van der Waals surface area contributed by atoms with Crippen molar-refractivity contribution in [2.45, 2.75) is 37.7 Å². The average molecular weight is 470 g/mol. The lowest BCUT2D eigenvalue weighted by Gasteiger charge is -2.38. The minimum Gasteiger partial charge on any atom is -0.496 e. The lowest BCUT2D eigenvalue weighted by molar-refractivity contribution is -0.0254. The maximum atomic E-state index is 11.2. The van der Waals surface area contributed by atoms with Crippen molar-refractivity contribution >= 4 is 5.90 Å². The third-order valence-corrected chi connectivity index (χ3v) is 7.44. The topological polar surface area (TPSA) is 78.1 Å². The van der Waals surface area contributed by atoms with Crippen LogP contribution in [0, 0.1) is 17.2 Å². The predicted molar refractivity (Wildman–Crippen MR) is 135 cm³/mol. The molecule has 180 valence electrons. The number of methoxy groups -OCH3 is 1. The van der Waals surface area contributed by atoms with Crippen LogP contribution in [0.2, 0.25) is 0 Å². The molecule has 1 saturated heterocycles. The Labute approximate surface area is 206 Å². The van der Waals surface area contributed by atoms with E-state index in [1.807, 2.05) is 36.5 Å². The summed E-state index contributed by atoms with van der Waals surface area (Å²) in [5.41, 5.74) is 3.08. The summed E-state index contributed by atoms with van der Waals surface area (Å²) in [6.45, 7) is 2.66. The van der Waals surface area contributed by atoms with Crippen LogP contribution < -0.4 is 9.47 Å². The van der Waals surface area contributed by atoms with Crippen LogP contribution in [0.3, 0.4) is 0 Å².